The highest BCUT2D eigenvalue weighted by Crippen LogP contribution is 2.64. The Morgan fingerprint density at radius 2 is 1.61 bits per heavy atom. The quantitative estimate of drug-likeness (QED) is 0.157. The van der Waals surface area contributed by atoms with Crippen molar-refractivity contribution in [2.75, 3.05) is 14.1 Å². The van der Waals surface area contributed by atoms with Gasteiger partial charge in [0.25, 0.3) is 7.59 Å². The number of nitrogens with two attached hydrogens (primary N) is 2. The van der Waals surface area contributed by atoms with Crippen LogP contribution in [0.5, 0.6) is 0 Å². The maximum absolute atomic E-state index is 12.2. The molecule has 0 aliphatic rings. The molecule has 0 aliphatic carbocycles. The Kier molecular flexibility index (Phi) is 8.86. The lowest BCUT2D eigenvalue weighted by Gasteiger charge is -2.31. The van der Waals surface area contributed by atoms with Crippen molar-refractivity contribution in [3.05, 3.63) is 0 Å². The van der Waals surface area contributed by atoms with Crippen LogP contribution in [0.3, 0.4) is 0 Å². The van der Waals surface area contributed by atoms with Crippen molar-refractivity contribution in [3.63, 3.8) is 0 Å². The monoisotopic (exact) mass is 657 g/mol. The van der Waals surface area contributed by atoms with Crippen molar-refractivity contribution in [1.29, 1.82) is 0 Å². The summed E-state index contributed by atoms with van der Waals surface area (Å²) in [5.74, 6) is 0. The van der Waals surface area contributed by atoms with E-state index in [4.69, 9.17) is 11.0 Å². The van der Waals surface area contributed by atoms with Crippen LogP contribution in [0.25, 0.3) is 0 Å². The molecular formula is C2H13I3N7O3P3. The van der Waals surface area contributed by atoms with Crippen molar-refractivity contribution < 1.29 is 13.7 Å². The topological polar surface area (TPSA) is 146 Å². The van der Waals surface area contributed by atoms with Crippen molar-refractivity contribution in [2.24, 2.45) is 11.0 Å². The fourth-order valence-corrected chi connectivity index (χ4v) is 11.2. The Morgan fingerprint density at radius 1 is 1.17 bits per heavy atom. The first-order chi connectivity index (χ1) is 7.93. The third-order valence-electron chi connectivity index (χ3n) is 1.59. The zero-order chi connectivity index (χ0) is 14.8. The largest absolute Gasteiger partial charge is 0.306 e. The first-order valence-corrected chi connectivity index (χ1v) is 12.2. The van der Waals surface area contributed by atoms with Crippen LogP contribution in [0.1, 0.15) is 0 Å². The van der Waals surface area contributed by atoms with Crippen molar-refractivity contribution in [2.45, 2.75) is 0 Å². The summed E-state index contributed by atoms with van der Waals surface area (Å²) in [6.45, 7) is 0. The second-order valence-electron chi connectivity index (χ2n) is 2.91. The molecule has 0 radical (unpaired) electrons. The number of rotatable bonds is 7. The molecule has 16 heteroatoms. The van der Waals surface area contributed by atoms with E-state index in [1.165, 1.54) is 39.8 Å². The molecule has 3 unspecified atom stereocenters. The van der Waals surface area contributed by atoms with E-state index in [9.17, 15) is 13.7 Å². The van der Waals surface area contributed by atoms with Crippen molar-refractivity contribution >= 4 is 91.4 Å². The third-order valence-corrected chi connectivity index (χ3v) is 15.7. The van der Waals surface area contributed by atoms with Gasteiger partial charge in [-0.05, 0) is 7.05 Å². The molecule has 0 bridgehead atoms. The highest BCUT2D eigenvalue weighted by atomic mass is 127. The summed E-state index contributed by atoms with van der Waals surface area (Å²) < 4.78 is 40.7. The summed E-state index contributed by atoms with van der Waals surface area (Å²) in [6.07, 6.45) is 0. The molecule has 0 aromatic carbocycles. The van der Waals surface area contributed by atoms with Crippen LogP contribution < -0.4 is 24.3 Å². The first kappa shape index (κ1) is 20.6. The molecule has 18 heavy (non-hydrogen) atoms. The molecular weight excluding hydrogens is 644 g/mol. The van der Waals surface area contributed by atoms with Gasteiger partial charge in [-0.3, -0.25) is 24.7 Å². The van der Waals surface area contributed by atoms with Gasteiger partial charge in [-0.25, -0.2) is 5.09 Å². The van der Waals surface area contributed by atoms with Crippen LogP contribution in [-0.2, 0) is 13.7 Å². The van der Waals surface area contributed by atoms with Gasteiger partial charge >= 0.3 is 15.2 Å². The van der Waals surface area contributed by atoms with E-state index < -0.39 is 22.8 Å². The molecule has 7 N–H and O–H groups in total. The molecule has 0 saturated carbocycles. The SMILES string of the molecule is CNP(=O)(NI)NP(N)(=O)N(I)P(N)(=O)N(C)I. The molecule has 0 aliphatic heterocycles. The molecule has 0 aromatic heterocycles. The van der Waals surface area contributed by atoms with Gasteiger partial charge in [0.15, 0.2) is 0 Å². The van der Waals surface area contributed by atoms with E-state index in [0.29, 0.717) is 0 Å². The minimum Gasteiger partial charge on any atom is -0.270 e. The molecule has 0 rings (SSSR count). The molecule has 10 nitrogen and oxygen atoms in total. The average Bonchev–Trinajstić information content (AvgIpc) is 2.27. The molecule has 0 fully saturated rings. The van der Waals surface area contributed by atoms with Gasteiger partial charge in [-0.1, -0.05) is 2.65 Å². The lowest BCUT2D eigenvalue weighted by atomic mass is 11.6. The predicted molar refractivity (Wildman–Crippen MR) is 98.2 cm³/mol. The molecule has 0 amide bonds. The van der Waals surface area contributed by atoms with Crippen LogP contribution in [0.2, 0.25) is 0 Å². The van der Waals surface area contributed by atoms with E-state index in [1.54, 1.807) is 45.7 Å². The lowest BCUT2D eigenvalue weighted by molar-refractivity contribution is 0.528. The van der Waals surface area contributed by atoms with Crippen LogP contribution >= 0.6 is 91.4 Å². The van der Waals surface area contributed by atoms with Crippen LogP contribution in [0.4, 0.5) is 0 Å². The van der Waals surface area contributed by atoms with Crippen molar-refractivity contribution in [3.8, 4) is 0 Å². The van der Waals surface area contributed by atoms with E-state index in [1.807, 2.05) is 0 Å². The van der Waals surface area contributed by atoms with Gasteiger partial charge in [0, 0.05) is 75.6 Å². The fourth-order valence-electron chi connectivity index (χ4n) is 0.642. The zero-order valence-corrected chi connectivity index (χ0v) is 18.4. The van der Waals surface area contributed by atoms with E-state index in [0.717, 1.165) is 2.65 Å². The van der Waals surface area contributed by atoms with Gasteiger partial charge in [0.1, 0.15) is 0 Å². The van der Waals surface area contributed by atoms with Gasteiger partial charge in [0.2, 0.25) is 0 Å². The normalized spacial score (nSPS) is 22.5. The summed E-state index contributed by atoms with van der Waals surface area (Å²) in [5.41, 5.74) is 11.1. The molecule has 110 valence electrons. The molecule has 0 saturated heterocycles. The first-order valence-electron chi connectivity index (χ1n) is 4.03. The second-order valence-corrected chi connectivity index (χ2v) is 15.8. The van der Waals surface area contributed by atoms with E-state index in [-0.39, 0.29) is 0 Å². The van der Waals surface area contributed by atoms with Crippen LogP contribution in [0.15, 0.2) is 0 Å². The Labute approximate surface area is 147 Å². The lowest BCUT2D eigenvalue weighted by Crippen LogP contribution is -2.32. The Balaban J connectivity index is 5.24. The summed E-state index contributed by atoms with van der Waals surface area (Å²) in [4.78, 5) is 2.23. The standard InChI is InChI=1S/C2H13I3N7O3P3/c1-8-18(15,9-3)10-16(6,13)12(5)17(7,14)11(2)4/h1-2H3,(H2,7,14)(H5,6,8,9,10,13,15). The summed E-state index contributed by atoms with van der Waals surface area (Å²) >= 11 is 4.79. The van der Waals surface area contributed by atoms with Crippen molar-refractivity contribution in [1.82, 2.24) is 18.8 Å². The Hall–Kier alpha value is 2.60. The minimum atomic E-state index is -3.87. The van der Waals surface area contributed by atoms with Gasteiger partial charge in [-0.2, -0.15) is 11.0 Å². The Morgan fingerprint density at radius 3 is 1.89 bits per heavy atom. The molecule has 0 aromatic rings. The Bertz CT molecular complexity index is 423. The number of nitrogens with one attached hydrogen (secondary N) is 3. The zero-order valence-electron chi connectivity index (χ0n) is 9.25. The number of nitrogens with zero attached hydrogens (tertiary/aromatic N) is 2. The minimum absolute atomic E-state index is 0.780. The number of halogens is 3. The van der Waals surface area contributed by atoms with E-state index >= 15 is 0 Å². The highest BCUT2D eigenvalue weighted by molar-refractivity contribution is 14.1. The average molecular weight is 657 g/mol. The van der Waals surface area contributed by atoms with E-state index in [2.05, 4.69) is 13.2 Å². The van der Waals surface area contributed by atoms with Gasteiger partial charge in [-0.15, -0.1) is 0 Å². The predicted octanol–water partition coefficient (Wildman–Crippen LogP) is 1.91. The number of hydrogen-bond acceptors (Lipinski definition) is 3. The molecule has 0 spiro atoms. The number of hydrogen-bond donors (Lipinski definition) is 5. The molecule has 0 heterocycles. The maximum atomic E-state index is 12.2. The van der Waals surface area contributed by atoms with Crippen LogP contribution in [-0.4, -0.2) is 19.6 Å². The smallest absolute Gasteiger partial charge is 0.270 e. The highest BCUT2D eigenvalue weighted by Gasteiger charge is 2.43. The molecule has 3 atom stereocenters. The summed E-state index contributed by atoms with van der Waals surface area (Å²) in [6, 6.07) is 0. The van der Waals surface area contributed by atoms with Crippen LogP contribution in [0, 0.1) is 0 Å². The second kappa shape index (κ2) is 7.74. The third kappa shape index (κ3) is 5.42. The van der Waals surface area contributed by atoms with Gasteiger partial charge < -0.3 is 0 Å². The maximum Gasteiger partial charge on any atom is 0.306 e. The summed E-state index contributed by atoms with van der Waals surface area (Å²) in [7, 11) is -7.96. The van der Waals surface area contributed by atoms with Gasteiger partial charge in [0.05, 0.1) is 0 Å². The fraction of sp³-hybridized carbons (Fsp3) is 1.00. The summed E-state index contributed by atoms with van der Waals surface area (Å²) in [5, 5.41) is 2.42.